The van der Waals surface area contributed by atoms with Crippen LogP contribution in [0, 0.1) is 6.92 Å². The number of carbonyl (C=O) groups excluding carboxylic acids is 1. The fourth-order valence-electron chi connectivity index (χ4n) is 2.77. The molecule has 0 spiro atoms. The van der Waals surface area contributed by atoms with Crippen molar-refractivity contribution in [3.05, 3.63) is 90.0 Å². The van der Waals surface area contributed by atoms with Crippen LogP contribution in [0.1, 0.15) is 15.9 Å². The van der Waals surface area contributed by atoms with Crippen LogP contribution >= 0.6 is 0 Å². The smallest absolute Gasteiger partial charge is 0.258 e. The number of carbonyl (C=O) groups is 1. The fraction of sp³-hybridized carbons (Fsp3) is 0.0455. The van der Waals surface area contributed by atoms with Gasteiger partial charge in [-0.3, -0.25) is 4.79 Å². The predicted molar refractivity (Wildman–Crippen MR) is 104 cm³/mol. The van der Waals surface area contributed by atoms with Crippen LogP contribution in [0.5, 0.6) is 0 Å². The summed E-state index contributed by atoms with van der Waals surface area (Å²) >= 11 is 0. The SMILES string of the molecule is Cc1ccccc1C(=O)Nc1ccc(-c2nc(-c3ccccc3)no2)cc1. The number of aromatic nitrogens is 2. The molecular weight excluding hydrogens is 338 g/mol. The van der Waals surface area contributed by atoms with E-state index < -0.39 is 0 Å². The molecule has 1 aromatic heterocycles. The maximum atomic E-state index is 12.4. The number of rotatable bonds is 4. The Morgan fingerprint density at radius 2 is 1.56 bits per heavy atom. The maximum Gasteiger partial charge on any atom is 0.258 e. The minimum absolute atomic E-state index is 0.134. The molecule has 0 saturated heterocycles. The lowest BCUT2D eigenvalue weighted by atomic mass is 10.1. The van der Waals surface area contributed by atoms with Gasteiger partial charge in [0.1, 0.15) is 0 Å². The van der Waals surface area contributed by atoms with Gasteiger partial charge in [0, 0.05) is 22.4 Å². The number of hydrogen-bond acceptors (Lipinski definition) is 4. The van der Waals surface area contributed by atoms with E-state index in [9.17, 15) is 4.79 Å². The first-order valence-corrected chi connectivity index (χ1v) is 8.57. The highest BCUT2D eigenvalue weighted by Gasteiger charge is 2.12. The van der Waals surface area contributed by atoms with Crippen molar-refractivity contribution < 1.29 is 9.32 Å². The molecule has 0 fully saturated rings. The molecule has 0 saturated carbocycles. The average Bonchev–Trinajstić information content (AvgIpc) is 3.20. The lowest BCUT2D eigenvalue weighted by Gasteiger charge is -2.07. The number of benzene rings is 3. The molecule has 1 N–H and O–H groups in total. The normalized spacial score (nSPS) is 10.6. The van der Waals surface area contributed by atoms with E-state index in [0.29, 0.717) is 23.0 Å². The molecule has 0 radical (unpaired) electrons. The maximum absolute atomic E-state index is 12.4. The predicted octanol–water partition coefficient (Wildman–Crippen LogP) is 4.96. The van der Waals surface area contributed by atoms with Gasteiger partial charge in [-0.1, -0.05) is 53.7 Å². The lowest BCUT2D eigenvalue weighted by Crippen LogP contribution is -2.13. The topological polar surface area (TPSA) is 68.0 Å². The third-order valence-electron chi connectivity index (χ3n) is 4.24. The second-order valence-corrected chi connectivity index (χ2v) is 6.14. The Morgan fingerprint density at radius 1 is 0.852 bits per heavy atom. The van der Waals surface area contributed by atoms with Crippen LogP contribution in [0.25, 0.3) is 22.8 Å². The molecule has 3 aromatic carbocycles. The first-order valence-electron chi connectivity index (χ1n) is 8.57. The molecule has 1 heterocycles. The molecule has 0 unspecified atom stereocenters. The molecule has 0 aliphatic rings. The molecule has 4 rings (SSSR count). The first kappa shape index (κ1) is 16.7. The van der Waals surface area contributed by atoms with Gasteiger partial charge in [0.05, 0.1) is 0 Å². The number of anilines is 1. The molecule has 5 heteroatoms. The van der Waals surface area contributed by atoms with Crippen molar-refractivity contribution in [2.24, 2.45) is 0 Å². The molecular formula is C22H17N3O2. The van der Waals surface area contributed by atoms with Gasteiger partial charge in [-0.05, 0) is 42.8 Å². The van der Waals surface area contributed by atoms with Gasteiger partial charge >= 0.3 is 0 Å². The number of hydrogen-bond donors (Lipinski definition) is 1. The molecule has 5 nitrogen and oxygen atoms in total. The Kier molecular flexibility index (Phi) is 4.49. The highest BCUT2D eigenvalue weighted by Crippen LogP contribution is 2.23. The van der Waals surface area contributed by atoms with E-state index in [-0.39, 0.29) is 5.91 Å². The Labute approximate surface area is 156 Å². The summed E-state index contributed by atoms with van der Waals surface area (Å²) in [6.45, 7) is 1.91. The van der Waals surface area contributed by atoms with Crippen molar-refractivity contribution in [1.29, 1.82) is 0 Å². The van der Waals surface area contributed by atoms with E-state index in [2.05, 4.69) is 15.5 Å². The highest BCUT2D eigenvalue weighted by atomic mass is 16.5. The minimum Gasteiger partial charge on any atom is -0.334 e. The van der Waals surface area contributed by atoms with Crippen LogP contribution in [0.4, 0.5) is 5.69 Å². The summed E-state index contributed by atoms with van der Waals surface area (Å²) in [6.07, 6.45) is 0. The number of aryl methyl sites for hydroxylation is 1. The standard InChI is InChI=1S/C22H17N3O2/c1-15-7-5-6-10-19(15)21(26)23-18-13-11-17(12-14-18)22-24-20(25-27-22)16-8-3-2-4-9-16/h2-14H,1H3,(H,23,26). The summed E-state index contributed by atoms with van der Waals surface area (Å²) in [7, 11) is 0. The third-order valence-corrected chi connectivity index (χ3v) is 4.24. The zero-order valence-corrected chi connectivity index (χ0v) is 14.7. The van der Waals surface area contributed by atoms with Crippen molar-refractivity contribution in [1.82, 2.24) is 10.1 Å². The van der Waals surface area contributed by atoms with Crippen molar-refractivity contribution >= 4 is 11.6 Å². The molecule has 0 aliphatic heterocycles. The summed E-state index contributed by atoms with van der Waals surface area (Å²) < 4.78 is 5.36. The molecule has 1 amide bonds. The molecule has 0 aliphatic carbocycles. The van der Waals surface area contributed by atoms with Crippen LogP contribution in [0.3, 0.4) is 0 Å². The fourth-order valence-corrected chi connectivity index (χ4v) is 2.77. The largest absolute Gasteiger partial charge is 0.334 e. The van der Waals surface area contributed by atoms with Gasteiger partial charge in [-0.25, -0.2) is 0 Å². The second kappa shape index (κ2) is 7.25. The van der Waals surface area contributed by atoms with Gasteiger partial charge in [0.2, 0.25) is 5.82 Å². The number of nitrogens with one attached hydrogen (secondary N) is 1. The summed E-state index contributed by atoms with van der Waals surface area (Å²) in [4.78, 5) is 16.8. The van der Waals surface area contributed by atoms with E-state index in [1.807, 2.05) is 85.8 Å². The van der Waals surface area contributed by atoms with Crippen LogP contribution in [0.2, 0.25) is 0 Å². The summed E-state index contributed by atoms with van der Waals surface area (Å²) in [5.41, 5.74) is 3.99. The van der Waals surface area contributed by atoms with Gasteiger partial charge in [0.15, 0.2) is 0 Å². The van der Waals surface area contributed by atoms with Crippen LogP contribution < -0.4 is 5.32 Å². The van der Waals surface area contributed by atoms with Crippen LogP contribution in [-0.2, 0) is 0 Å². The Balaban J connectivity index is 1.50. The molecule has 27 heavy (non-hydrogen) atoms. The van der Waals surface area contributed by atoms with Crippen molar-refractivity contribution in [2.75, 3.05) is 5.32 Å². The molecule has 0 bridgehead atoms. The average molecular weight is 355 g/mol. The Hall–Kier alpha value is -3.73. The van der Waals surface area contributed by atoms with Crippen LogP contribution in [0.15, 0.2) is 83.4 Å². The second-order valence-electron chi connectivity index (χ2n) is 6.14. The summed E-state index contributed by atoms with van der Waals surface area (Å²) in [5.74, 6) is 0.846. The van der Waals surface area contributed by atoms with Crippen molar-refractivity contribution in [3.8, 4) is 22.8 Å². The lowest BCUT2D eigenvalue weighted by molar-refractivity contribution is 0.102. The Morgan fingerprint density at radius 3 is 2.30 bits per heavy atom. The highest BCUT2D eigenvalue weighted by molar-refractivity contribution is 6.05. The van der Waals surface area contributed by atoms with Crippen molar-refractivity contribution in [3.63, 3.8) is 0 Å². The zero-order valence-electron chi connectivity index (χ0n) is 14.7. The number of amides is 1. The number of nitrogens with zero attached hydrogens (tertiary/aromatic N) is 2. The first-order chi connectivity index (χ1) is 13.2. The van der Waals surface area contributed by atoms with E-state index in [1.165, 1.54) is 0 Å². The van der Waals surface area contributed by atoms with E-state index in [1.54, 1.807) is 0 Å². The van der Waals surface area contributed by atoms with Gasteiger partial charge in [-0.2, -0.15) is 4.98 Å². The van der Waals surface area contributed by atoms with Gasteiger partial charge in [-0.15, -0.1) is 0 Å². The monoisotopic (exact) mass is 355 g/mol. The van der Waals surface area contributed by atoms with Crippen LogP contribution in [-0.4, -0.2) is 16.0 Å². The van der Waals surface area contributed by atoms with E-state index >= 15 is 0 Å². The van der Waals surface area contributed by atoms with E-state index in [4.69, 9.17) is 4.52 Å². The minimum atomic E-state index is -0.134. The van der Waals surface area contributed by atoms with Gasteiger partial charge < -0.3 is 9.84 Å². The van der Waals surface area contributed by atoms with Gasteiger partial charge in [0.25, 0.3) is 11.8 Å². The third kappa shape index (κ3) is 3.62. The summed E-state index contributed by atoms with van der Waals surface area (Å²) in [5, 5.41) is 6.93. The molecule has 4 aromatic rings. The van der Waals surface area contributed by atoms with Crippen molar-refractivity contribution in [2.45, 2.75) is 6.92 Å². The molecule has 132 valence electrons. The molecule has 0 atom stereocenters. The summed E-state index contributed by atoms with van der Waals surface area (Å²) in [6, 6.07) is 24.5. The quantitative estimate of drug-likeness (QED) is 0.561. The zero-order chi connectivity index (χ0) is 18.6. The Bertz CT molecular complexity index is 1070. The van der Waals surface area contributed by atoms with E-state index in [0.717, 1.165) is 16.7 Å².